The molecule has 0 spiro atoms. The second-order valence-corrected chi connectivity index (χ2v) is 9.26. The highest BCUT2D eigenvalue weighted by Gasteiger charge is 2.19. The lowest BCUT2D eigenvalue weighted by atomic mass is 9.87. The van der Waals surface area contributed by atoms with Crippen molar-refractivity contribution < 1.29 is 4.79 Å². The standard InChI is InChI=1S/C24H27N5OS/c1-24(2,3)19-13-11-18(12-14-19)22-26-27-23(29(22)20-9-6-5-7-10-20)31-17-21(30)28(4)16-8-15-25/h5-7,9-14H,8,16-17H2,1-4H3. The summed E-state index contributed by atoms with van der Waals surface area (Å²) in [5.41, 5.74) is 3.23. The molecule has 1 aromatic heterocycles. The van der Waals surface area contributed by atoms with E-state index in [-0.39, 0.29) is 17.1 Å². The molecule has 0 unspecified atom stereocenters. The van der Waals surface area contributed by atoms with Gasteiger partial charge in [0.1, 0.15) is 0 Å². The van der Waals surface area contributed by atoms with Crippen LogP contribution in [-0.2, 0) is 10.2 Å². The molecule has 160 valence electrons. The molecule has 0 fully saturated rings. The topological polar surface area (TPSA) is 74.8 Å². The minimum Gasteiger partial charge on any atom is -0.344 e. The first-order valence-electron chi connectivity index (χ1n) is 10.2. The fraction of sp³-hybridized carbons (Fsp3) is 0.333. The summed E-state index contributed by atoms with van der Waals surface area (Å²) in [5, 5.41) is 18.2. The molecule has 1 amide bonds. The summed E-state index contributed by atoms with van der Waals surface area (Å²) in [6.07, 6.45) is 0.321. The highest BCUT2D eigenvalue weighted by molar-refractivity contribution is 7.99. The van der Waals surface area contributed by atoms with E-state index in [1.165, 1.54) is 17.3 Å². The van der Waals surface area contributed by atoms with Gasteiger partial charge in [0.2, 0.25) is 5.91 Å². The van der Waals surface area contributed by atoms with Gasteiger partial charge in [0.15, 0.2) is 11.0 Å². The molecule has 31 heavy (non-hydrogen) atoms. The second kappa shape index (κ2) is 9.80. The maximum absolute atomic E-state index is 12.4. The molecule has 1 heterocycles. The third-order valence-electron chi connectivity index (χ3n) is 4.97. The molecular weight excluding hydrogens is 406 g/mol. The number of carbonyl (C=O) groups is 1. The van der Waals surface area contributed by atoms with E-state index in [1.54, 1.807) is 11.9 Å². The van der Waals surface area contributed by atoms with Crippen LogP contribution >= 0.6 is 11.8 Å². The van der Waals surface area contributed by atoms with Crippen LogP contribution in [0.15, 0.2) is 59.8 Å². The summed E-state index contributed by atoms with van der Waals surface area (Å²) in [6, 6.07) is 20.4. The van der Waals surface area contributed by atoms with Crippen LogP contribution < -0.4 is 0 Å². The SMILES string of the molecule is CN(CCC#N)C(=O)CSc1nnc(-c2ccc(C(C)(C)C)cc2)n1-c1ccccc1. The maximum Gasteiger partial charge on any atom is 0.232 e. The molecule has 0 aliphatic heterocycles. The number of nitriles is 1. The molecule has 3 rings (SSSR count). The molecule has 2 aromatic carbocycles. The average Bonchev–Trinajstić information content (AvgIpc) is 3.19. The molecule has 0 saturated carbocycles. The van der Waals surface area contributed by atoms with Crippen molar-refractivity contribution in [3.05, 3.63) is 60.2 Å². The molecule has 0 aliphatic carbocycles. The van der Waals surface area contributed by atoms with Crippen molar-refractivity contribution >= 4 is 17.7 Å². The largest absolute Gasteiger partial charge is 0.344 e. The van der Waals surface area contributed by atoms with Gasteiger partial charge in [0, 0.05) is 24.8 Å². The molecule has 3 aromatic rings. The van der Waals surface area contributed by atoms with Gasteiger partial charge in [-0.1, -0.05) is 75.0 Å². The van der Waals surface area contributed by atoms with Gasteiger partial charge in [-0.15, -0.1) is 10.2 Å². The van der Waals surface area contributed by atoms with E-state index in [1.807, 2.05) is 34.9 Å². The highest BCUT2D eigenvalue weighted by atomic mass is 32.2. The lowest BCUT2D eigenvalue weighted by Crippen LogP contribution is -2.29. The van der Waals surface area contributed by atoms with Gasteiger partial charge in [0.25, 0.3) is 0 Å². The van der Waals surface area contributed by atoms with Crippen molar-refractivity contribution in [1.29, 1.82) is 5.26 Å². The summed E-state index contributed by atoms with van der Waals surface area (Å²) >= 11 is 1.35. The fourth-order valence-corrected chi connectivity index (χ4v) is 3.95. The Labute approximate surface area is 187 Å². The van der Waals surface area contributed by atoms with Gasteiger partial charge in [-0.25, -0.2) is 0 Å². The van der Waals surface area contributed by atoms with E-state index in [4.69, 9.17) is 5.26 Å². The summed E-state index contributed by atoms with van der Waals surface area (Å²) in [6.45, 7) is 6.99. The number of amides is 1. The quantitative estimate of drug-likeness (QED) is 0.505. The zero-order valence-corrected chi connectivity index (χ0v) is 19.2. The molecule has 0 radical (unpaired) electrons. The van der Waals surface area contributed by atoms with E-state index in [9.17, 15) is 4.79 Å². The predicted octanol–water partition coefficient (Wildman–Crippen LogP) is 4.70. The first-order valence-corrected chi connectivity index (χ1v) is 11.2. The van der Waals surface area contributed by atoms with E-state index < -0.39 is 0 Å². The Balaban J connectivity index is 1.91. The van der Waals surface area contributed by atoms with Gasteiger partial charge in [-0.05, 0) is 23.1 Å². The van der Waals surface area contributed by atoms with E-state index >= 15 is 0 Å². The van der Waals surface area contributed by atoms with E-state index in [0.29, 0.717) is 18.1 Å². The number of aromatic nitrogens is 3. The summed E-state index contributed by atoms with van der Waals surface area (Å²) in [7, 11) is 1.71. The Bertz CT molecular complexity index is 1060. The van der Waals surface area contributed by atoms with Crippen LogP contribution in [0, 0.1) is 11.3 Å². The van der Waals surface area contributed by atoms with Crippen molar-refractivity contribution in [2.24, 2.45) is 0 Å². The Hall–Kier alpha value is -3.11. The van der Waals surface area contributed by atoms with Crippen LogP contribution in [0.5, 0.6) is 0 Å². The number of thioether (sulfide) groups is 1. The van der Waals surface area contributed by atoms with Crippen molar-refractivity contribution in [1.82, 2.24) is 19.7 Å². The van der Waals surface area contributed by atoms with Crippen LogP contribution in [0.1, 0.15) is 32.8 Å². The Morgan fingerprint density at radius 3 is 2.39 bits per heavy atom. The van der Waals surface area contributed by atoms with Gasteiger partial charge in [-0.3, -0.25) is 9.36 Å². The first kappa shape index (κ1) is 22.6. The highest BCUT2D eigenvalue weighted by Crippen LogP contribution is 2.30. The average molecular weight is 434 g/mol. The monoisotopic (exact) mass is 433 g/mol. The Morgan fingerprint density at radius 2 is 1.77 bits per heavy atom. The van der Waals surface area contributed by atoms with Gasteiger partial charge < -0.3 is 4.90 Å². The fourth-order valence-electron chi connectivity index (χ4n) is 3.06. The molecule has 0 saturated heterocycles. The number of carbonyl (C=O) groups excluding carboxylic acids is 1. The van der Waals surface area contributed by atoms with Crippen molar-refractivity contribution in [3.63, 3.8) is 0 Å². The number of benzene rings is 2. The summed E-state index contributed by atoms with van der Waals surface area (Å²) < 4.78 is 1.99. The number of hydrogen-bond acceptors (Lipinski definition) is 5. The molecule has 0 atom stereocenters. The molecule has 0 bridgehead atoms. The van der Waals surface area contributed by atoms with E-state index in [2.05, 4.69) is 61.3 Å². The normalized spacial score (nSPS) is 11.2. The zero-order valence-electron chi connectivity index (χ0n) is 18.4. The lowest BCUT2D eigenvalue weighted by Gasteiger charge is -2.19. The maximum atomic E-state index is 12.4. The molecule has 6 nitrogen and oxygen atoms in total. The summed E-state index contributed by atoms with van der Waals surface area (Å²) in [5.74, 6) is 0.925. The van der Waals surface area contributed by atoms with Crippen molar-refractivity contribution in [2.75, 3.05) is 19.3 Å². The van der Waals surface area contributed by atoms with Crippen LogP contribution in [0.3, 0.4) is 0 Å². The van der Waals surface area contributed by atoms with Crippen LogP contribution in [-0.4, -0.2) is 44.9 Å². The number of rotatable bonds is 7. The van der Waals surface area contributed by atoms with Crippen LogP contribution in [0.2, 0.25) is 0 Å². The van der Waals surface area contributed by atoms with E-state index in [0.717, 1.165) is 17.1 Å². The predicted molar refractivity (Wildman–Crippen MR) is 124 cm³/mol. The number of para-hydroxylation sites is 1. The van der Waals surface area contributed by atoms with Crippen molar-refractivity contribution in [3.8, 4) is 23.1 Å². The molecule has 7 heteroatoms. The Kier molecular flexibility index (Phi) is 7.13. The smallest absolute Gasteiger partial charge is 0.232 e. The molecule has 0 aliphatic rings. The minimum atomic E-state index is -0.0426. The van der Waals surface area contributed by atoms with Crippen LogP contribution in [0.25, 0.3) is 17.1 Å². The molecular formula is C24H27N5OS. The number of nitrogens with zero attached hydrogens (tertiary/aromatic N) is 5. The third kappa shape index (κ3) is 5.53. The second-order valence-electron chi connectivity index (χ2n) is 8.32. The Morgan fingerprint density at radius 1 is 1.10 bits per heavy atom. The van der Waals surface area contributed by atoms with Gasteiger partial charge >= 0.3 is 0 Å². The minimum absolute atomic E-state index is 0.0426. The van der Waals surface area contributed by atoms with Crippen molar-refractivity contribution in [2.45, 2.75) is 37.8 Å². The van der Waals surface area contributed by atoms with Gasteiger partial charge in [0.05, 0.1) is 18.2 Å². The zero-order chi connectivity index (χ0) is 22.4. The van der Waals surface area contributed by atoms with Gasteiger partial charge in [-0.2, -0.15) is 5.26 Å². The third-order valence-corrected chi connectivity index (χ3v) is 5.88. The number of hydrogen-bond donors (Lipinski definition) is 0. The lowest BCUT2D eigenvalue weighted by molar-refractivity contribution is -0.127. The molecule has 0 N–H and O–H groups in total. The first-order chi connectivity index (χ1) is 14.8. The van der Waals surface area contributed by atoms with Crippen LogP contribution in [0.4, 0.5) is 0 Å². The summed E-state index contributed by atoms with van der Waals surface area (Å²) in [4.78, 5) is 14.0.